The number of fused-ring (bicyclic) bond motifs is 5. The molecular formula is C27H24N4. The van der Waals surface area contributed by atoms with E-state index in [0.29, 0.717) is 11.6 Å². The summed E-state index contributed by atoms with van der Waals surface area (Å²) in [4.78, 5) is 4.42. The van der Waals surface area contributed by atoms with E-state index in [4.69, 9.17) is 5.73 Å². The van der Waals surface area contributed by atoms with E-state index in [2.05, 4.69) is 64.7 Å². The molecule has 5 aromatic rings. The minimum absolute atomic E-state index is 0.0575. The number of nitrogen functional groups attached to an aromatic ring is 1. The lowest BCUT2D eigenvalue weighted by Gasteiger charge is -2.34. The first-order valence-electron chi connectivity index (χ1n) is 10.9. The first-order chi connectivity index (χ1) is 15.3. The molecule has 31 heavy (non-hydrogen) atoms. The molecule has 0 spiro atoms. The zero-order valence-corrected chi connectivity index (χ0v) is 17.3. The highest BCUT2D eigenvalue weighted by molar-refractivity contribution is 6.09. The van der Waals surface area contributed by atoms with Crippen LogP contribution < -0.4 is 5.73 Å². The SMILES string of the molecule is Nc1cnn(C(c2cccnc2)C2CCCc3ccc4c(ccc5ccccc54)c32)c1. The zero-order chi connectivity index (χ0) is 20.8. The number of hydrogen-bond acceptors (Lipinski definition) is 3. The molecule has 4 heteroatoms. The lowest BCUT2D eigenvalue weighted by atomic mass is 9.74. The molecular weight excluding hydrogens is 380 g/mol. The molecule has 2 atom stereocenters. The van der Waals surface area contributed by atoms with Crippen LogP contribution in [0.5, 0.6) is 0 Å². The Morgan fingerprint density at radius 3 is 2.65 bits per heavy atom. The summed E-state index contributed by atoms with van der Waals surface area (Å²) in [7, 11) is 0. The quantitative estimate of drug-likeness (QED) is 0.382. The van der Waals surface area contributed by atoms with Crippen molar-refractivity contribution >= 4 is 27.2 Å². The van der Waals surface area contributed by atoms with E-state index in [9.17, 15) is 0 Å². The van der Waals surface area contributed by atoms with Gasteiger partial charge in [0.05, 0.1) is 17.9 Å². The van der Waals surface area contributed by atoms with Gasteiger partial charge < -0.3 is 5.73 Å². The molecule has 0 bridgehead atoms. The van der Waals surface area contributed by atoms with E-state index in [1.54, 1.807) is 6.20 Å². The molecule has 152 valence electrons. The fourth-order valence-corrected chi connectivity index (χ4v) is 5.41. The van der Waals surface area contributed by atoms with Gasteiger partial charge in [-0.25, -0.2) is 0 Å². The van der Waals surface area contributed by atoms with E-state index in [0.717, 1.165) is 12.8 Å². The number of pyridine rings is 1. The second kappa shape index (κ2) is 7.24. The number of benzene rings is 3. The molecule has 0 fully saturated rings. The Bertz CT molecular complexity index is 1390. The number of hydrogen-bond donors (Lipinski definition) is 1. The van der Waals surface area contributed by atoms with E-state index in [1.807, 2.05) is 29.3 Å². The monoisotopic (exact) mass is 404 g/mol. The third kappa shape index (κ3) is 2.98. The average Bonchev–Trinajstić information content (AvgIpc) is 3.25. The third-order valence-electron chi connectivity index (χ3n) is 6.70. The van der Waals surface area contributed by atoms with Crippen molar-refractivity contribution in [1.82, 2.24) is 14.8 Å². The normalized spacial score (nSPS) is 17.0. The van der Waals surface area contributed by atoms with Crippen LogP contribution in [0.25, 0.3) is 21.5 Å². The average molecular weight is 405 g/mol. The predicted octanol–water partition coefficient (Wildman–Crippen LogP) is 5.88. The van der Waals surface area contributed by atoms with Gasteiger partial charge in [0.15, 0.2) is 0 Å². The summed E-state index contributed by atoms with van der Waals surface area (Å²) in [5, 5.41) is 9.91. The number of aromatic nitrogens is 3. The van der Waals surface area contributed by atoms with E-state index in [-0.39, 0.29) is 6.04 Å². The molecule has 2 unspecified atom stereocenters. The summed E-state index contributed by atoms with van der Waals surface area (Å²) in [5.41, 5.74) is 10.8. The molecule has 2 aromatic heterocycles. The lowest BCUT2D eigenvalue weighted by molar-refractivity contribution is 0.395. The zero-order valence-electron chi connectivity index (χ0n) is 17.3. The number of nitrogens with two attached hydrogens (primary N) is 1. The third-order valence-corrected chi connectivity index (χ3v) is 6.70. The molecule has 1 aliphatic carbocycles. The van der Waals surface area contributed by atoms with Gasteiger partial charge >= 0.3 is 0 Å². The van der Waals surface area contributed by atoms with E-state index >= 15 is 0 Å². The van der Waals surface area contributed by atoms with Gasteiger partial charge in [-0.1, -0.05) is 54.6 Å². The fraction of sp³-hybridized carbons (Fsp3) is 0.185. The summed E-state index contributed by atoms with van der Waals surface area (Å²) >= 11 is 0. The maximum Gasteiger partial charge on any atom is 0.0852 e. The first-order valence-corrected chi connectivity index (χ1v) is 10.9. The topological polar surface area (TPSA) is 56.7 Å². The Balaban J connectivity index is 1.61. The molecule has 0 amide bonds. The highest BCUT2D eigenvalue weighted by atomic mass is 15.3. The van der Waals surface area contributed by atoms with Crippen LogP contribution in [0.2, 0.25) is 0 Å². The Morgan fingerprint density at radius 2 is 1.81 bits per heavy atom. The summed E-state index contributed by atoms with van der Waals surface area (Å²) in [6, 6.07) is 22.1. The van der Waals surface area contributed by atoms with E-state index in [1.165, 1.54) is 44.7 Å². The predicted molar refractivity (Wildman–Crippen MR) is 126 cm³/mol. The highest BCUT2D eigenvalue weighted by Gasteiger charge is 2.32. The van der Waals surface area contributed by atoms with Crippen molar-refractivity contribution in [2.24, 2.45) is 0 Å². The van der Waals surface area contributed by atoms with Gasteiger partial charge in [0.1, 0.15) is 0 Å². The van der Waals surface area contributed by atoms with Gasteiger partial charge in [0, 0.05) is 24.5 Å². The van der Waals surface area contributed by atoms with Crippen molar-refractivity contribution in [3.8, 4) is 0 Å². The molecule has 0 saturated heterocycles. The van der Waals surface area contributed by atoms with Gasteiger partial charge in [-0.05, 0) is 63.6 Å². The number of anilines is 1. The van der Waals surface area contributed by atoms with Gasteiger partial charge in [0.2, 0.25) is 0 Å². The highest BCUT2D eigenvalue weighted by Crippen LogP contribution is 2.46. The molecule has 1 aliphatic rings. The molecule has 2 heterocycles. The van der Waals surface area contributed by atoms with Crippen molar-refractivity contribution in [3.63, 3.8) is 0 Å². The van der Waals surface area contributed by atoms with Gasteiger partial charge in [-0.2, -0.15) is 5.10 Å². The minimum Gasteiger partial charge on any atom is -0.396 e. The largest absolute Gasteiger partial charge is 0.396 e. The molecule has 3 aromatic carbocycles. The van der Waals surface area contributed by atoms with Crippen LogP contribution in [0.4, 0.5) is 5.69 Å². The molecule has 0 aliphatic heterocycles. The summed E-state index contributed by atoms with van der Waals surface area (Å²) in [6.07, 6.45) is 10.9. The van der Waals surface area contributed by atoms with Gasteiger partial charge in [-0.15, -0.1) is 0 Å². The van der Waals surface area contributed by atoms with Gasteiger partial charge in [-0.3, -0.25) is 9.67 Å². The minimum atomic E-state index is 0.0575. The van der Waals surface area contributed by atoms with Crippen molar-refractivity contribution in [2.45, 2.75) is 31.2 Å². The summed E-state index contributed by atoms with van der Waals surface area (Å²) in [5.74, 6) is 0.303. The smallest absolute Gasteiger partial charge is 0.0852 e. The fourth-order valence-electron chi connectivity index (χ4n) is 5.41. The van der Waals surface area contributed by atoms with E-state index < -0.39 is 0 Å². The Kier molecular flexibility index (Phi) is 4.23. The maximum absolute atomic E-state index is 6.07. The van der Waals surface area contributed by atoms with Crippen molar-refractivity contribution in [3.05, 3.63) is 102 Å². The second-order valence-corrected chi connectivity index (χ2v) is 8.50. The van der Waals surface area contributed by atoms with Crippen LogP contribution in [0.1, 0.15) is 41.5 Å². The second-order valence-electron chi connectivity index (χ2n) is 8.50. The van der Waals surface area contributed by atoms with Crippen molar-refractivity contribution < 1.29 is 0 Å². The molecule has 4 nitrogen and oxygen atoms in total. The Hall–Kier alpha value is -3.66. The Morgan fingerprint density at radius 1 is 0.903 bits per heavy atom. The number of nitrogens with zero attached hydrogens (tertiary/aromatic N) is 3. The molecule has 0 radical (unpaired) electrons. The summed E-state index contributed by atoms with van der Waals surface area (Å²) < 4.78 is 2.03. The molecule has 2 N–H and O–H groups in total. The van der Waals surface area contributed by atoms with Crippen LogP contribution in [0, 0.1) is 0 Å². The van der Waals surface area contributed by atoms with Crippen molar-refractivity contribution in [1.29, 1.82) is 0 Å². The van der Waals surface area contributed by atoms with Crippen LogP contribution in [0.15, 0.2) is 85.5 Å². The molecule has 0 saturated carbocycles. The number of aryl methyl sites for hydroxylation is 1. The van der Waals surface area contributed by atoms with Crippen LogP contribution >= 0.6 is 0 Å². The number of rotatable bonds is 3. The van der Waals surface area contributed by atoms with Crippen LogP contribution in [0.3, 0.4) is 0 Å². The molecule has 6 rings (SSSR count). The van der Waals surface area contributed by atoms with Crippen LogP contribution in [-0.4, -0.2) is 14.8 Å². The Labute approximate surface area is 181 Å². The standard InChI is InChI=1S/C27H24N4/c28-21-16-30-31(17-21)27(20-7-4-14-29-15-20)25-9-3-6-19-11-12-23-22-8-2-1-5-18(22)10-13-24(23)26(19)25/h1-2,4-5,7-8,10-17,25,27H,3,6,9,28H2. The van der Waals surface area contributed by atoms with Crippen molar-refractivity contribution in [2.75, 3.05) is 5.73 Å². The van der Waals surface area contributed by atoms with Gasteiger partial charge in [0.25, 0.3) is 0 Å². The lowest BCUT2D eigenvalue weighted by Crippen LogP contribution is -2.24. The first kappa shape index (κ1) is 18.1. The van der Waals surface area contributed by atoms with Crippen LogP contribution in [-0.2, 0) is 6.42 Å². The summed E-state index contributed by atoms with van der Waals surface area (Å²) in [6.45, 7) is 0. The maximum atomic E-state index is 6.07.